The van der Waals surface area contributed by atoms with Gasteiger partial charge in [0.15, 0.2) is 0 Å². The summed E-state index contributed by atoms with van der Waals surface area (Å²) in [6.45, 7) is 5.39. The van der Waals surface area contributed by atoms with Gasteiger partial charge in [-0.15, -0.1) is 0 Å². The molecule has 1 aromatic rings. The monoisotopic (exact) mass is 345 g/mol. The minimum atomic E-state index is -0.656. The molecule has 19 heavy (non-hydrogen) atoms. The van der Waals surface area contributed by atoms with Crippen molar-refractivity contribution in [1.82, 2.24) is 4.90 Å². The summed E-state index contributed by atoms with van der Waals surface area (Å²) in [5, 5.41) is 0.470. The average molecular weight is 347 g/mol. The van der Waals surface area contributed by atoms with Crippen molar-refractivity contribution in [3.8, 4) is 0 Å². The van der Waals surface area contributed by atoms with Crippen molar-refractivity contribution >= 4 is 39.5 Å². The van der Waals surface area contributed by atoms with Gasteiger partial charge in [-0.05, 0) is 48.8 Å². The Morgan fingerprint density at radius 2 is 2.05 bits per heavy atom. The fourth-order valence-electron chi connectivity index (χ4n) is 1.81. The standard InChI is InChI=1S/C13H13BrClNO3/c1-13(2,3)19-12(18)16-6-7-9(15)5-4-8(14)10(7)11(16)17/h4-5H,6H2,1-3H3. The van der Waals surface area contributed by atoms with Crippen molar-refractivity contribution in [1.29, 1.82) is 0 Å². The van der Waals surface area contributed by atoms with Crippen LogP contribution in [0.5, 0.6) is 0 Å². The van der Waals surface area contributed by atoms with E-state index >= 15 is 0 Å². The average Bonchev–Trinajstić information content (AvgIpc) is 2.61. The maximum Gasteiger partial charge on any atom is 0.417 e. The normalized spacial score (nSPS) is 14.6. The lowest BCUT2D eigenvalue weighted by Crippen LogP contribution is -2.36. The molecule has 1 aromatic carbocycles. The lowest BCUT2D eigenvalue weighted by Gasteiger charge is -2.23. The predicted octanol–water partition coefficient (Wildman–Crippen LogP) is 3.99. The fraction of sp³-hybridized carbons (Fsp3) is 0.385. The Bertz CT molecular complexity index is 566. The summed E-state index contributed by atoms with van der Waals surface area (Å²) in [5.74, 6) is -0.390. The molecule has 0 unspecified atom stereocenters. The van der Waals surface area contributed by atoms with Crippen molar-refractivity contribution in [3.05, 3.63) is 32.8 Å². The van der Waals surface area contributed by atoms with E-state index in [2.05, 4.69) is 15.9 Å². The lowest BCUT2D eigenvalue weighted by atomic mass is 10.1. The van der Waals surface area contributed by atoms with Crippen molar-refractivity contribution in [2.24, 2.45) is 0 Å². The number of benzene rings is 1. The fourth-order valence-corrected chi connectivity index (χ4v) is 2.57. The van der Waals surface area contributed by atoms with Crippen molar-refractivity contribution < 1.29 is 14.3 Å². The number of halogens is 2. The van der Waals surface area contributed by atoms with Crippen LogP contribution in [0.25, 0.3) is 0 Å². The molecule has 0 bridgehead atoms. The van der Waals surface area contributed by atoms with Gasteiger partial charge < -0.3 is 4.74 Å². The molecular formula is C13H13BrClNO3. The zero-order chi connectivity index (χ0) is 14.4. The number of fused-ring (bicyclic) bond motifs is 1. The number of carbonyl (C=O) groups is 2. The first-order valence-electron chi connectivity index (χ1n) is 5.72. The molecule has 0 spiro atoms. The highest BCUT2D eigenvalue weighted by atomic mass is 79.9. The zero-order valence-corrected chi connectivity index (χ0v) is 13.1. The first kappa shape index (κ1) is 14.3. The molecule has 0 saturated heterocycles. The van der Waals surface area contributed by atoms with Crippen molar-refractivity contribution in [3.63, 3.8) is 0 Å². The highest BCUT2D eigenvalue weighted by Crippen LogP contribution is 2.35. The number of hydrogen-bond acceptors (Lipinski definition) is 3. The molecule has 0 saturated carbocycles. The predicted molar refractivity (Wildman–Crippen MR) is 75.3 cm³/mol. The topological polar surface area (TPSA) is 46.6 Å². The van der Waals surface area contributed by atoms with Crippen LogP contribution in [0.4, 0.5) is 4.79 Å². The van der Waals surface area contributed by atoms with E-state index in [-0.39, 0.29) is 6.54 Å². The van der Waals surface area contributed by atoms with Gasteiger partial charge in [-0.2, -0.15) is 0 Å². The molecule has 1 heterocycles. The van der Waals surface area contributed by atoms with Crippen LogP contribution < -0.4 is 0 Å². The molecule has 1 aliphatic heterocycles. The summed E-state index contributed by atoms with van der Waals surface area (Å²) in [6, 6.07) is 3.38. The first-order chi connectivity index (χ1) is 8.70. The van der Waals surface area contributed by atoms with Gasteiger partial charge in [-0.1, -0.05) is 11.6 Å². The molecule has 0 radical (unpaired) electrons. The SMILES string of the molecule is CC(C)(C)OC(=O)N1Cc2c(Cl)ccc(Br)c2C1=O. The molecule has 2 rings (SSSR count). The van der Waals surface area contributed by atoms with Crippen LogP contribution in [0.15, 0.2) is 16.6 Å². The van der Waals surface area contributed by atoms with Crippen molar-refractivity contribution in [2.45, 2.75) is 32.9 Å². The highest BCUT2D eigenvalue weighted by molar-refractivity contribution is 9.10. The second kappa shape index (κ2) is 4.80. The van der Waals surface area contributed by atoms with E-state index < -0.39 is 17.6 Å². The molecule has 102 valence electrons. The number of carbonyl (C=O) groups excluding carboxylic acids is 2. The second-order valence-electron chi connectivity index (χ2n) is 5.25. The zero-order valence-electron chi connectivity index (χ0n) is 10.8. The molecular weight excluding hydrogens is 334 g/mol. The molecule has 0 atom stereocenters. The smallest absolute Gasteiger partial charge is 0.417 e. The molecule has 6 heteroatoms. The largest absolute Gasteiger partial charge is 0.443 e. The van der Waals surface area contributed by atoms with Crippen LogP contribution in [0, 0.1) is 0 Å². The Labute approximate surface area is 124 Å². The Morgan fingerprint density at radius 3 is 2.58 bits per heavy atom. The van der Waals surface area contributed by atoms with Gasteiger partial charge in [0.1, 0.15) is 5.60 Å². The summed E-state index contributed by atoms with van der Waals surface area (Å²) >= 11 is 9.36. The molecule has 2 amide bonds. The van der Waals surface area contributed by atoms with E-state index in [0.717, 1.165) is 4.90 Å². The first-order valence-corrected chi connectivity index (χ1v) is 6.89. The Kier molecular flexibility index (Phi) is 3.62. The van der Waals surface area contributed by atoms with Gasteiger partial charge in [0.05, 0.1) is 12.1 Å². The van der Waals surface area contributed by atoms with Crippen molar-refractivity contribution in [2.75, 3.05) is 0 Å². The second-order valence-corrected chi connectivity index (χ2v) is 6.52. The van der Waals surface area contributed by atoms with E-state index in [1.165, 1.54) is 0 Å². The maximum absolute atomic E-state index is 12.2. The van der Waals surface area contributed by atoms with Gasteiger partial charge in [0, 0.05) is 15.1 Å². The van der Waals surface area contributed by atoms with E-state index in [9.17, 15) is 9.59 Å². The number of imide groups is 1. The quantitative estimate of drug-likeness (QED) is 0.713. The van der Waals surface area contributed by atoms with Crippen LogP contribution >= 0.6 is 27.5 Å². The molecule has 0 fully saturated rings. The third-order valence-electron chi connectivity index (χ3n) is 2.59. The van der Waals surface area contributed by atoms with E-state index in [4.69, 9.17) is 16.3 Å². The Balaban J connectivity index is 2.32. The molecule has 4 nitrogen and oxygen atoms in total. The summed E-state index contributed by atoms with van der Waals surface area (Å²) in [7, 11) is 0. The number of rotatable bonds is 0. The van der Waals surface area contributed by atoms with Gasteiger partial charge in [0.2, 0.25) is 0 Å². The van der Waals surface area contributed by atoms with E-state index in [0.29, 0.717) is 20.6 Å². The third kappa shape index (κ3) is 2.77. The summed E-state index contributed by atoms with van der Waals surface area (Å²) in [6.07, 6.45) is -0.656. The van der Waals surface area contributed by atoms with Crippen LogP contribution in [-0.4, -0.2) is 22.5 Å². The number of ether oxygens (including phenoxy) is 1. The van der Waals surface area contributed by atoms with Gasteiger partial charge in [0.25, 0.3) is 5.91 Å². The van der Waals surface area contributed by atoms with E-state index in [1.54, 1.807) is 32.9 Å². The minimum absolute atomic E-state index is 0.140. The summed E-state index contributed by atoms with van der Waals surface area (Å²) < 4.78 is 5.84. The summed E-state index contributed by atoms with van der Waals surface area (Å²) in [4.78, 5) is 25.3. The maximum atomic E-state index is 12.2. The van der Waals surface area contributed by atoms with Crippen LogP contribution in [-0.2, 0) is 11.3 Å². The Hall–Kier alpha value is -1.07. The van der Waals surface area contributed by atoms with E-state index in [1.807, 2.05) is 0 Å². The number of nitrogens with zero attached hydrogens (tertiary/aromatic N) is 1. The van der Waals surface area contributed by atoms with Gasteiger partial charge in [-0.3, -0.25) is 4.79 Å². The Morgan fingerprint density at radius 1 is 1.42 bits per heavy atom. The summed E-state index contributed by atoms with van der Waals surface area (Å²) in [5.41, 5.74) is 0.429. The van der Waals surface area contributed by atoms with Crippen LogP contribution in [0.2, 0.25) is 5.02 Å². The molecule has 0 N–H and O–H groups in total. The molecule has 0 aliphatic carbocycles. The van der Waals surface area contributed by atoms with Crippen LogP contribution in [0.1, 0.15) is 36.7 Å². The third-order valence-corrected chi connectivity index (χ3v) is 3.61. The minimum Gasteiger partial charge on any atom is -0.443 e. The number of amides is 2. The molecule has 1 aliphatic rings. The van der Waals surface area contributed by atoms with Gasteiger partial charge >= 0.3 is 6.09 Å². The lowest BCUT2D eigenvalue weighted by molar-refractivity contribution is 0.0248. The molecule has 0 aromatic heterocycles. The number of hydrogen-bond donors (Lipinski definition) is 0. The highest BCUT2D eigenvalue weighted by Gasteiger charge is 2.37. The van der Waals surface area contributed by atoms with Crippen LogP contribution in [0.3, 0.4) is 0 Å². The van der Waals surface area contributed by atoms with Gasteiger partial charge in [-0.25, -0.2) is 9.69 Å².